The highest BCUT2D eigenvalue weighted by molar-refractivity contribution is 7.98. The minimum atomic E-state index is -1.35. The first-order chi connectivity index (χ1) is 14.5. The van der Waals surface area contributed by atoms with E-state index >= 15 is 0 Å². The second-order valence-corrected chi connectivity index (χ2v) is 9.00. The first kappa shape index (κ1) is 27.2. The van der Waals surface area contributed by atoms with Crippen LogP contribution in [0.5, 0.6) is 0 Å². The summed E-state index contributed by atoms with van der Waals surface area (Å²) in [4.78, 5) is 51.1. The Bertz CT molecular complexity index is 647. The molecule has 6 unspecified atom stereocenters. The number of carboxylic acids is 1. The maximum Gasteiger partial charge on any atom is 0.326 e. The van der Waals surface area contributed by atoms with Crippen molar-refractivity contribution in [1.82, 2.24) is 15.5 Å². The number of hydrogen-bond donors (Lipinski definition) is 5. The van der Waals surface area contributed by atoms with E-state index < -0.39 is 48.1 Å². The van der Waals surface area contributed by atoms with E-state index in [2.05, 4.69) is 10.6 Å². The highest BCUT2D eigenvalue weighted by Gasteiger charge is 2.39. The summed E-state index contributed by atoms with van der Waals surface area (Å²) >= 11 is 1.58. The molecule has 31 heavy (non-hydrogen) atoms. The van der Waals surface area contributed by atoms with Crippen LogP contribution < -0.4 is 16.4 Å². The third-order valence-electron chi connectivity index (χ3n) is 5.63. The van der Waals surface area contributed by atoms with Crippen molar-refractivity contribution in [2.24, 2.45) is 11.7 Å². The van der Waals surface area contributed by atoms with Gasteiger partial charge in [0.25, 0.3) is 0 Å². The van der Waals surface area contributed by atoms with Crippen molar-refractivity contribution in [1.29, 1.82) is 0 Å². The van der Waals surface area contributed by atoms with Crippen molar-refractivity contribution < 1.29 is 29.4 Å². The van der Waals surface area contributed by atoms with Gasteiger partial charge < -0.3 is 31.5 Å². The minimum Gasteiger partial charge on any atom is -0.480 e. The fraction of sp³-hybridized carbons (Fsp3) is 0.800. The van der Waals surface area contributed by atoms with Gasteiger partial charge in [0.15, 0.2) is 0 Å². The van der Waals surface area contributed by atoms with Crippen LogP contribution in [-0.2, 0) is 19.2 Å². The number of amides is 3. The fourth-order valence-corrected chi connectivity index (χ4v) is 3.95. The quantitative estimate of drug-likeness (QED) is 0.261. The summed E-state index contributed by atoms with van der Waals surface area (Å²) in [5.74, 6) is -2.47. The molecule has 0 bridgehead atoms. The van der Waals surface area contributed by atoms with E-state index in [9.17, 15) is 29.4 Å². The first-order valence-electron chi connectivity index (χ1n) is 10.6. The second kappa shape index (κ2) is 12.9. The van der Waals surface area contributed by atoms with Gasteiger partial charge in [-0.1, -0.05) is 20.3 Å². The van der Waals surface area contributed by atoms with E-state index in [-0.39, 0.29) is 11.8 Å². The van der Waals surface area contributed by atoms with Crippen LogP contribution in [0.2, 0.25) is 0 Å². The number of likely N-dealkylation sites (tertiary alicyclic amines) is 1. The zero-order chi connectivity index (χ0) is 23.7. The highest BCUT2D eigenvalue weighted by atomic mass is 32.2. The summed E-state index contributed by atoms with van der Waals surface area (Å²) in [6, 6.07) is -3.98. The summed E-state index contributed by atoms with van der Waals surface area (Å²) < 4.78 is 0. The highest BCUT2D eigenvalue weighted by Crippen LogP contribution is 2.19. The second-order valence-electron chi connectivity index (χ2n) is 8.01. The van der Waals surface area contributed by atoms with Crippen LogP contribution >= 0.6 is 11.8 Å². The molecule has 178 valence electrons. The van der Waals surface area contributed by atoms with Crippen LogP contribution in [0.25, 0.3) is 0 Å². The number of aliphatic hydroxyl groups excluding tert-OH is 1. The molecule has 1 aliphatic rings. The van der Waals surface area contributed by atoms with E-state index in [1.807, 2.05) is 6.26 Å². The summed E-state index contributed by atoms with van der Waals surface area (Å²) in [5.41, 5.74) is 5.97. The lowest BCUT2D eigenvalue weighted by atomic mass is 9.98. The Kier molecular flexibility index (Phi) is 11.3. The molecule has 0 aliphatic carbocycles. The van der Waals surface area contributed by atoms with E-state index in [0.29, 0.717) is 32.2 Å². The Morgan fingerprint density at radius 1 is 1.19 bits per heavy atom. The van der Waals surface area contributed by atoms with Crippen LogP contribution in [0.3, 0.4) is 0 Å². The number of aliphatic hydroxyl groups is 1. The summed E-state index contributed by atoms with van der Waals surface area (Å²) in [7, 11) is 0. The van der Waals surface area contributed by atoms with Gasteiger partial charge in [-0.25, -0.2) is 4.79 Å². The van der Waals surface area contributed by atoms with E-state index in [1.165, 1.54) is 11.8 Å². The minimum absolute atomic E-state index is 0.313. The molecular formula is C20H36N4O6S. The first-order valence-corrected chi connectivity index (χ1v) is 12.0. The molecule has 0 aromatic heterocycles. The van der Waals surface area contributed by atoms with Crippen molar-refractivity contribution in [2.75, 3.05) is 18.6 Å². The van der Waals surface area contributed by atoms with Crippen molar-refractivity contribution in [3.63, 3.8) is 0 Å². The molecular weight excluding hydrogens is 424 g/mol. The molecule has 1 fully saturated rings. The molecule has 1 rings (SSSR count). The maximum atomic E-state index is 12.9. The van der Waals surface area contributed by atoms with Crippen molar-refractivity contribution in [3.05, 3.63) is 0 Å². The Hall–Kier alpha value is -1.85. The number of hydrogen-bond acceptors (Lipinski definition) is 7. The van der Waals surface area contributed by atoms with Crippen molar-refractivity contribution >= 4 is 35.5 Å². The lowest BCUT2D eigenvalue weighted by molar-refractivity contribution is -0.145. The molecule has 0 saturated carbocycles. The molecule has 1 saturated heterocycles. The van der Waals surface area contributed by atoms with Crippen LogP contribution in [0, 0.1) is 5.92 Å². The maximum absolute atomic E-state index is 12.9. The average molecular weight is 461 g/mol. The molecule has 0 aromatic carbocycles. The lowest BCUT2D eigenvalue weighted by Crippen LogP contribution is -2.60. The van der Waals surface area contributed by atoms with Gasteiger partial charge in [0.1, 0.15) is 18.1 Å². The number of nitrogens with zero attached hydrogens (tertiary/aromatic N) is 1. The van der Waals surface area contributed by atoms with Crippen molar-refractivity contribution in [3.8, 4) is 0 Å². The SMILES string of the molecule is CCC(C)C(NC(=O)C(NC(=O)C1CCCN1C(=O)C(N)CCSC)C(C)O)C(=O)O. The Balaban J connectivity index is 2.87. The molecule has 1 heterocycles. The molecule has 10 nitrogen and oxygen atoms in total. The zero-order valence-electron chi connectivity index (χ0n) is 18.7. The standard InChI is InChI=1S/C20H36N4O6S/c1-5-11(2)15(20(29)30)22-18(27)16(12(3)25)23-17(26)14-7-6-9-24(14)19(28)13(21)8-10-31-4/h11-16,25H,5-10,21H2,1-4H3,(H,22,27)(H,23,26)(H,29,30). The zero-order valence-corrected chi connectivity index (χ0v) is 19.5. The number of rotatable bonds is 12. The summed E-state index contributed by atoms with van der Waals surface area (Å²) in [6.07, 6.45) is 2.73. The van der Waals surface area contributed by atoms with Gasteiger partial charge >= 0.3 is 5.97 Å². The monoisotopic (exact) mass is 460 g/mol. The number of carbonyl (C=O) groups excluding carboxylic acids is 3. The van der Waals surface area contributed by atoms with Crippen LogP contribution in [0.15, 0.2) is 0 Å². The Morgan fingerprint density at radius 2 is 1.84 bits per heavy atom. The molecule has 0 radical (unpaired) electrons. The third kappa shape index (κ3) is 7.65. The molecule has 0 spiro atoms. The van der Waals surface area contributed by atoms with Gasteiger partial charge in [-0.15, -0.1) is 0 Å². The molecule has 1 aliphatic heterocycles. The Labute approximate surface area is 187 Å². The van der Waals surface area contributed by atoms with Crippen LogP contribution in [-0.4, -0.2) is 87.6 Å². The predicted molar refractivity (Wildman–Crippen MR) is 118 cm³/mol. The topological polar surface area (TPSA) is 162 Å². The number of carbonyl (C=O) groups is 4. The fourth-order valence-electron chi connectivity index (χ4n) is 3.47. The number of thioether (sulfide) groups is 1. The van der Waals surface area contributed by atoms with Gasteiger partial charge in [0.2, 0.25) is 17.7 Å². The number of nitrogens with two attached hydrogens (primary N) is 1. The molecule has 3 amide bonds. The van der Waals surface area contributed by atoms with Crippen LogP contribution in [0.1, 0.15) is 46.5 Å². The third-order valence-corrected chi connectivity index (χ3v) is 6.27. The van der Waals surface area contributed by atoms with E-state index in [1.54, 1.807) is 25.6 Å². The number of aliphatic carboxylic acids is 1. The summed E-state index contributed by atoms with van der Waals surface area (Å²) in [5, 5.41) is 24.3. The largest absolute Gasteiger partial charge is 0.480 e. The van der Waals surface area contributed by atoms with Crippen LogP contribution in [0.4, 0.5) is 0 Å². The molecule has 0 aromatic rings. The van der Waals surface area contributed by atoms with E-state index in [4.69, 9.17) is 5.73 Å². The lowest BCUT2D eigenvalue weighted by Gasteiger charge is -2.30. The normalized spacial score (nSPS) is 21.0. The number of carboxylic acid groups (broad SMARTS) is 1. The summed E-state index contributed by atoms with van der Waals surface area (Å²) in [6.45, 7) is 5.22. The predicted octanol–water partition coefficient (Wildman–Crippen LogP) is -0.461. The molecule has 6 N–H and O–H groups in total. The van der Waals surface area contributed by atoms with Gasteiger partial charge in [0, 0.05) is 6.54 Å². The van der Waals surface area contributed by atoms with Gasteiger partial charge in [-0.05, 0) is 44.1 Å². The van der Waals surface area contributed by atoms with Gasteiger partial charge in [-0.3, -0.25) is 14.4 Å². The molecule has 6 atom stereocenters. The molecule has 11 heteroatoms. The van der Waals surface area contributed by atoms with Gasteiger partial charge in [0.05, 0.1) is 12.1 Å². The van der Waals surface area contributed by atoms with Crippen molar-refractivity contribution in [2.45, 2.75) is 76.7 Å². The Morgan fingerprint density at radius 3 is 2.35 bits per heavy atom. The number of nitrogens with one attached hydrogen (secondary N) is 2. The van der Waals surface area contributed by atoms with Gasteiger partial charge in [-0.2, -0.15) is 11.8 Å². The smallest absolute Gasteiger partial charge is 0.326 e. The average Bonchev–Trinajstić information content (AvgIpc) is 3.21. The van der Waals surface area contributed by atoms with E-state index in [0.717, 1.165) is 5.75 Å².